The van der Waals surface area contributed by atoms with Crippen molar-refractivity contribution in [1.82, 2.24) is 4.98 Å². The molecule has 0 fully saturated rings. The summed E-state index contributed by atoms with van der Waals surface area (Å²) < 4.78 is 6.23. The first-order chi connectivity index (χ1) is 14.1. The average molecular weight is 405 g/mol. The number of rotatable bonds is 5. The molecule has 8 heteroatoms. The van der Waals surface area contributed by atoms with Gasteiger partial charge in [-0.25, -0.2) is 4.98 Å². The first-order valence-corrected chi connectivity index (χ1v) is 9.47. The summed E-state index contributed by atoms with van der Waals surface area (Å²) in [6.07, 6.45) is 0. The van der Waals surface area contributed by atoms with Crippen molar-refractivity contribution < 1.29 is 14.5 Å². The highest BCUT2D eigenvalue weighted by Gasteiger charge is 2.19. The molecule has 0 radical (unpaired) electrons. The molecule has 4 aromatic rings. The minimum Gasteiger partial charge on any atom is -0.496 e. The van der Waals surface area contributed by atoms with E-state index >= 15 is 0 Å². The Hall–Kier alpha value is -3.78. The molecule has 29 heavy (non-hydrogen) atoms. The van der Waals surface area contributed by atoms with Crippen LogP contribution in [0.15, 0.2) is 66.7 Å². The van der Waals surface area contributed by atoms with Gasteiger partial charge in [0.15, 0.2) is 0 Å². The Balaban J connectivity index is 1.79. The van der Waals surface area contributed by atoms with Gasteiger partial charge < -0.3 is 10.1 Å². The molecule has 0 spiro atoms. The number of carbonyl (C=O) groups excluding carboxylic acids is 1. The molecule has 3 aromatic carbocycles. The van der Waals surface area contributed by atoms with Gasteiger partial charge >= 0.3 is 0 Å². The van der Waals surface area contributed by atoms with E-state index in [1.54, 1.807) is 30.3 Å². The lowest BCUT2D eigenvalue weighted by Crippen LogP contribution is -2.14. The highest BCUT2D eigenvalue weighted by atomic mass is 32.1. The molecular weight excluding hydrogens is 390 g/mol. The molecule has 1 N–H and O–H groups in total. The number of nitrogens with one attached hydrogen (secondary N) is 1. The predicted octanol–water partition coefficient (Wildman–Crippen LogP) is 5.13. The fraction of sp³-hybridized carbons (Fsp3) is 0.0476. The summed E-state index contributed by atoms with van der Waals surface area (Å²) in [6, 6.07) is 18.8. The number of nitro groups is 1. The number of benzene rings is 3. The van der Waals surface area contributed by atoms with Gasteiger partial charge in [-0.3, -0.25) is 14.9 Å². The SMILES string of the molecule is COc1ccccc1C(=O)Nc1cc([N+](=O)[O-])ccc1-c1nc2ccccc2s1. The Kier molecular flexibility index (Phi) is 4.92. The third-order valence-corrected chi connectivity index (χ3v) is 5.41. The van der Waals surface area contributed by atoms with Crippen LogP contribution in [0.5, 0.6) is 5.75 Å². The largest absolute Gasteiger partial charge is 0.496 e. The number of para-hydroxylation sites is 2. The maximum Gasteiger partial charge on any atom is 0.271 e. The molecular formula is C21H15N3O4S. The molecule has 0 atom stereocenters. The Morgan fingerprint density at radius 3 is 2.62 bits per heavy atom. The molecule has 0 saturated heterocycles. The number of hydrogen-bond acceptors (Lipinski definition) is 6. The van der Waals surface area contributed by atoms with E-state index in [4.69, 9.17) is 4.74 Å². The van der Waals surface area contributed by atoms with Crippen LogP contribution in [0, 0.1) is 10.1 Å². The number of amides is 1. The number of aromatic nitrogens is 1. The van der Waals surface area contributed by atoms with Gasteiger partial charge in [0.1, 0.15) is 10.8 Å². The number of nitro benzene ring substituents is 1. The zero-order valence-corrected chi connectivity index (χ0v) is 16.1. The molecule has 0 aliphatic heterocycles. The maximum atomic E-state index is 12.9. The first-order valence-electron chi connectivity index (χ1n) is 8.65. The molecule has 144 valence electrons. The Morgan fingerprint density at radius 2 is 1.86 bits per heavy atom. The summed E-state index contributed by atoms with van der Waals surface area (Å²) in [5.74, 6) is -0.0118. The predicted molar refractivity (Wildman–Crippen MR) is 113 cm³/mol. The summed E-state index contributed by atoms with van der Waals surface area (Å²) in [4.78, 5) is 28.2. The van der Waals surface area contributed by atoms with Crippen molar-refractivity contribution in [2.24, 2.45) is 0 Å². The van der Waals surface area contributed by atoms with Crippen LogP contribution in [0.1, 0.15) is 10.4 Å². The molecule has 0 unspecified atom stereocenters. The van der Waals surface area contributed by atoms with E-state index in [9.17, 15) is 14.9 Å². The van der Waals surface area contributed by atoms with Crippen molar-refractivity contribution in [3.05, 3.63) is 82.4 Å². The Bertz CT molecular complexity index is 1200. The van der Waals surface area contributed by atoms with Crippen molar-refractivity contribution in [2.75, 3.05) is 12.4 Å². The molecule has 0 aliphatic rings. The van der Waals surface area contributed by atoms with Crippen molar-refractivity contribution >= 4 is 38.8 Å². The number of anilines is 1. The number of carbonyl (C=O) groups is 1. The van der Waals surface area contributed by atoms with Crippen LogP contribution in [-0.4, -0.2) is 22.9 Å². The van der Waals surface area contributed by atoms with Crippen LogP contribution in [-0.2, 0) is 0 Å². The molecule has 7 nitrogen and oxygen atoms in total. The lowest BCUT2D eigenvalue weighted by molar-refractivity contribution is -0.384. The number of non-ortho nitro benzene ring substituents is 1. The lowest BCUT2D eigenvalue weighted by Gasteiger charge is -2.11. The third-order valence-electron chi connectivity index (χ3n) is 4.34. The Morgan fingerprint density at radius 1 is 1.10 bits per heavy atom. The van der Waals surface area contributed by atoms with Crippen molar-refractivity contribution in [3.63, 3.8) is 0 Å². The quantitative estimate of drug-likeness (QED) is 0.367. The second-order valence-corrected chi connectivity index (χ2v) is 7.16. The maximum absolute atomic E-state index is 12.9. The highest BCUT2D eigenvalue weighted by Crippen LogP contribution is 2.36. The van der Waals surface area contributed by atoms with E-state index in [0.717, 1.165) is 10.2 Å². The molecule has 1 heterocycles. The van der Waals surface area contributed by atoms with Crippen molar-refractivity contribution in [1.29, 1.82) is 0 Å². The first kappa shape index (κ1) is 18.6. The fourth-order valence-electron chi connectivity index (χ4n) is 2.95. The van der Waals surface area contributed by atoms with Crippen LogP contribution < -0.4 is 10.1 Å². The van der Waals surface area contributed by atoms with Crippen molar-refractivity contribution in [3.8, 4) is 16.3 Å². The van der Waals surface area contributed by atoms with Crippen molar-refractivity contribution in [2.45, 2.75) is 0 Å². The van der Waals surface area contributed by atoms with Crippen LogP contribution in [0.3, 0.4) is 0 Å². The summed E-state index contributed by atoms with van der Waals surface area (Å²) >= 11 is 1.45. The number of ether oxygens (including phenoxy) is 1. The van der Waals surface area contributed by atoms with Gasteiger partial charge in [0.25, 0.3) is 11.6 Å². The van der Waals surface area contributed by atoms with Gasteiger partial charge in [-0.05, 0) is 30.3 Å². The standard InChI is InChI=1S/C21H15N3O4S/c1-28-18-8-4-2-6-15(18)20(25)22-17-12-13(24(26)27)10-11-14(17)21-23-16-7-3-5-9-19(16)29-21/h2-12H,1H3,(H,22,25). The van der Waals surface area contributed by atoms with Gasteiger partial charge in [0, 0.05) is 17.7 Å². The summed E-state index contributed by atoms with van der Waals surface area (Å²) in [7, 11) is 1.48. The van der Waals surface area contributed by atoms with Crippen LogP contribution in [0.25, 0.3) is 20.8 Å². The third kappa shape index (κ3) is 3.65. The molecule has 1 amide bonds. The number of hydrogen-bond donors (Lipinski definition) is 1. The fourth-order valence-corrected chi connectivity index (χ4v) is 3.95. The second-order valence-electron chi connectivity index (χ2n) is 6.13. The van der Waals surface area contributed by atoms with E-state index in [0.29, 0.717) is 27.6 Å². The Labute approximate surface area is 169 Å². The summed E-state index contributed by atoms with van der Waals surface area (Å²) in [6.45, 7) is 0. The van der Waals surface area contributed by atoms with E-state index in [-0.39, 0.29) is 5.69 Å². The monoisotopic (exact) mass is 405 g/mol. The topological polar surface area (TPSA) is 94.4 Å². The molecule has 0 saturated carbocycles. The normalized spacial score (nSPS) is 10.7. The van der Waals surface area contributed by atoms with E-state index in [2.05, 4.69) is 10.3 Å². The highest BCUT2D eigenvalue weighted by molar-refractivity contribution is 7.21. The van der Waals surface area contributed by atoms with Gasteiger partial charge in [0.05, 0.1) is 33.5 Å². The zero-order valence-electron chi connectivity index (χ0n) is 15.3. The van der Waals surface area contributed by atoms with Gasteiger partial charge in [-0.15, -0.1) is 11.3 Å². The number of fused-ring (bicyclic) bond motifs is 1. The number of methoxy groups -OCH3 is 1. The average Bonchev–Trinajstić information content (AvgIpc) is 3.17. The minimum atomic E-state index is -0.499. The number of nitrogens with zero attached hydrogens (tertiary/aromatic N) is 2. The van der Waals surface area contributed by atoms with Crippen LogP contribution >= 0.6 is 11.3 Å². The van der Waals surface area contributed by atoms with Gasteiger partial charge in [-0.1, -0.05) is 24.3 Å². The van der Waals surface area contributed by atoms with E-state index in [1.807, 2.05) is 24.3 Å². The molecule has 0 aliphatic carbocycles. The summed E-state index contributed by atoms with van der Waals surface area (Å²) in [5, 5.41) is 14.7. The zero-order chi connectivity index (χ0) is 20.4. The smallest absolute Gasteiger partial charge is 0.271 e. The lowest BCUT2D eigenvalue weighted by atomic mass is 10.1. The van der Waals surface area contributed by atoms with Gasteiger partial charge in [-0.2, -0.15) is 0 Å². The molecule has 1 aromatic heterocycles. The molecule has 4 rings (SSSR count). The summed E-state index contributed by atoms with van der Waals surface area (Å²) in [5.41, 5.74) is 1.96. The van der Waals surface area contributed by atoms with Crippen LogP contribution in [0.4, 0.5) is 11.4 Å². The van der Waals surface area contributed by atoms with E-state index < -0.39 is 10.8 Å². The van der Waals surface area contributed by atoms with Crippen LogP contribution in [0.2, 0.25) is 0 Å². The van der Waals surface area contributed by atoms with E-state index in [1.165, 1.54) is 30.6 Å². The second kappa shape index (κ2) is 7.69. The minimum absolute atomic E-state index is 0.120. The number of thiazole rings is 1. The molecule has 0 bridgehead atoms. The van der Waals surface area contributed by atoms with Gasteiger partial charge in [0.2, 0.25) is 0 Å².